The van der Waals surface area contributed by atoms with Gasteiger partial charge in [0.05, 0.1) is 5.69 Å². The normalized spacial score (nSPS) is 10.9. The van der Waals surface area contributed by atoms with E-state index in [9.17, 15) is 0 Å². The Morgan fingerprint density at radius 2 is 1.82 bits per heavy atom. The summed E-state index contributed by atoms with van der Waals surface area (Å²) in [4.78, 5) is 0. The molecule has 0 saturated carbocycles. The van der Waals surface area contributed by atoms with Crippen LogP contribution in [0.5, 0.6) is 0 Å². The van der Waals surface area contributed by atoms with E-state index in [2.05, 4.69) is 29.4 Å². The van der Waals surface area contributed by atoms with Crippen molar-refractivity contribution in [2.75, 3.05) is 5.73 Å². The van der Waals surface area contributed by atoms with Gasteiger partial charge in [0.25, 0.3) is 0 Å². The predicted molar refractivity (Wildman–Crippen MR) is 70.2 cm³/mol. The molecule has 0 spiro atoms. The van der Waals surface area contributed by atoms with E-state index in [4.69, 9.17) is 5.73 Å². The van der Waals surface area contributed by atoms with E-state index in [0.29, 0.717) is 5.82 Å². The minimum Gasteiger partial charge on any atom is -0.382 e. The van der Waals surface area contributed by atoms with Crippen molar-refractivity contribution < 1.29 is 0 Å². The summed E-state index contributed by atoms with van der Waals surface area (Å²) in [6.07, 6.45) is 0. The monoisotopic (exact) mass is 223 g/mol. The van der Waals surface area contributed by atoms with Crippen LogP contribution in [-0.2, 0) is 0 Å². The lowest BCUT2D eigenvalue weighted by Gasteiger charge is -2.08. The fraction of sp³-hybridized carbons (Fsp3) is 0.0714. The highest BCUT2D eigenvalue weighted by Gasteiger charge is 2.07. The van der Waals surface area contributed by atoms with Gasteiger partial charge in [-0.05, 0) is 18.4 Å². The third kappa shape index (κ3) is 1.56. The minimum atomic E-state index is 0.551. The van der Waals surface area contributed by atoms with E-state index in [1.54, 1.807) is 0 Å². The molecule has 0 aliphatic rings. The van der Waals surface area contributed by atoms with Gasteiger partial charge in [-0.25, -0.2) is 4.68 Å². The molecule has 17 heavy (non-hydrogen) atoms. The van der Waals surface area contributed by atoms with Gasteiger partial charge in [0.2, 0.25) is 0 Å². The lowest BCUT2D eigenvalue weighted by molar-refractivity contribution is 0.858. The molecular weight excluding hydrogens is 210 g/mol. The van der Waals surface area contributed by atoms with Crippen molar-refractivity contribution in [2.24, 2.45) is 0 Å². The molecule has 84 valence electrons. The molecule has 0 amide bonds. The van der Waals surface area contributed by atoms with Gasteiger partial charge < -0.3 is 5.73 Å². The zero-order chi connectivity index (χ0) is 11.8. The Hall–Kier alpha value is -2.29. The van der Waals surface area contributed by atoms with Gasteiger partial charge in [-0.1, -0.05) is 36.4 Å². The van der Waals surface area contributed by atoms with Crippen LogP contribution < -0.4 is 5.73 Å². The van der Waals surface area contributed by atoms with Crippen LogP contribution in [0.15, 0.2) is 48.5 Å². The van der Waals surface area contributed by atoms with Gasteiger partial charge >= 0.3 is 0 Å². The molecule has 0 atom stereocenters. The van der Waals surface area contributed by atoms with E-state index in [-0.39, 0.29) is 0 Å². The molecule has 1 heterocycles. The highest BCUT2D eigenvalue weighted by Crippen LogP contribution is 2.23. The number of benzene rings is 2. The van der Waals surface area contributed by atoms with Crippen LogP contribution in [0.3, 0.4) is 0 Å². The van der Waals surface area contributed by atoms with Crippen molar-refractivity contribution in [1.82, 2.24) is 9.78 Å². The Labute approximate surface area is 99.5 Å². The molecule has 2 aromatic carbocycles. The van der Waals surface area contributed by atoms with Gasteiger partial charge in [0.1, 0.15) is 5.82 Å². The van der Waals surface area contributed by atoms with Crippen molar-refractivity contribution in [3.8, 4) is 5.69 Å². The van der Waals surface area contributed by atoms with Crippen LogP contribution in [0.1, 0.15) is 5.69 Å². The molecule has 3 rings (SSSR count). The number of rotatable bonds is 1. The van der Waals surface area contributed by atoms with Crippen molar-refractivity contribution in [3.63, 3.8) is 0 Å². The van der Waals surface area contributed by atoms with Gasteiger partial charge in [0, 0.05) is 17.1 Å². The number of fused-ring (bicyclic) bond motifs is 1. The van der Waals surface area contributed by atoms with Crippen molar-refractivity contribution in [1.29, 1.82) is 0 Å². The number of hydrogen-bond donors (Lipinski definition) is 1. The van der Waals surface area contributed by atoms with E-state index in [1.165, 1.54) is 10.8 Å². The van der Waals surface area contributed by atoms with E-state index < -0.39 is 0 Å². The largest absolute Gasteiger partial charge is 0.382 e. The number of nitrogens with zero attached hydrogens (tertiary/aromatic N) is 2. The Morgan fingerprint density at radius 3 is 2.59 bits per heavy atom. The first-order valence-electron chi connectivity index (χ1n) is 5.56. The molecule has 0 unspecified atom stereocenters. The molecule has 0 fully saturated rings. The standard InChI is InChI=1S/C14H13N3/c1-10-9-14(15)16-17(10)13-8-4-6-11-5-2-3-7-12(11)13/h2-9H,1H3,(H2,15,16). The molecule has 0 aliphatic carbocycles. The lowest BCUT2D eigenvalue weighted by atomic mass is 10.1. The molecule has 3 aromatic rings. The summed E-state index contributed by atoms with van der Waals surface area (Å²) in [7, 11) is 0. The first-order chi connectivity index (χ1) is 8.25. The Morgan fingerprint density at radius 1 is 1.06 bits per heavy atom. The summed E-state index contributed by atoms with van der Waals surface area (Å²) in [5.74, 6) is 0.551. The maximum atomic E-state index is 5.73. The molecule has 0 aliphatic heterocycles. The highest BCUT2D eigenvalue weighted by atomic mass is 15.3. The van der Waals surface area contributed by atoms with Gasteiger partial charge in [-0.2, -0.15) is 5.10 Å². The molecule has 0 radical (unpaired) electrons. The van der Waals surface area contributed by atoms with Crippen LogP contribution in [0, 0.1) is 6.92 Å². The van der Waals surface area contributed by atoms with Crippen LogP contribution in [0.4, 0.5) is 5.82 Å². The Bertz CT molecular complexity index is 678. The predicted octanol–water partition coefficient (Wildman–Crippen LogP) is 2.92. The maximum Gasteiger partial charge on any atom is 0.146 e. The van der Waals surface area contributed by atoms with E-state index in [1.807, 2.05) is 35.9 Å². The smallest absolute Gasteiger partial charge is 0.146 e. The number of hydrogen-bond acceptors (Lipinski definition) is 2. The molecule has 0 saturated heterocycles. The molecule has 3 nitrogen and oxygen atoms in total. The first kappa shape index (κ1) is 9.90. The van der Waals surface area contributed by atoms with Crippen molar-refractivity contribution in [3.05, 3.63) is 54.2 Å². The van der Waals surface area contributed by atoms with Gasteiger partial charge in [0.15, 0.2) is 0 Å². The summed E-state index contributed by atoms with van der Waals surface area (Å²) in [6.45, 7) is 2.01. The lowest BCUT2D eigenvalue weighted by Crippen LogP contribution is -2.00. The Balaban J connectivity index is 2.34. The molecule has 0 bridgehead atoms. The summed E-state index contributed by atoms with van der Waals surface area (Å²) in [5.41, 5.74) is 7.84. The molecule has 2 N–H and O–H groups in total. The number of anilines is 1. The van der Waals surface area contributed by atoms with Crippen LogP contribution in [0.2, 0.25) is 0 Å². The SMILES string of the molecule is Cc1cc(N)nn1-c1cccc2ccccc12. The van der Waals surface area contributed by atoms with Gasteiger partial charge in [-0.15, -0.1) is 0 Å². The third-order valence-corrected chi connectivity index (χ3v) is 2.90. The topological polar surface area (TPSA) is 43.8 Å². The summed E-state index contributed by atoms with van der Waals surface area (Å²) >= 11 is 0. The van der Waals surface area contributed by atoms with Crippen molar-refractivity contribution in [2.45, 2.75) is 6.92 Å². The zero-order valence-electron chi connectivity index (χ0n) is 9.59. The van der Waals surface area contributed by atoms with Crippen LogP contribution in [-0.4, -0.2) is 9.78 Å². The molecular formula is C14H13N3. The number of aryl methyl sites for hydroxylation is 1. The van der Waals surface area contributed by atoms with E-state index in [0.717, 1.165) is 11.4 Å². The van der Waals surface area contributed by atoms with Crippen LogP contribution >= 0.6 is 0 Å². The summed E-state index contributed by atoms with van der Waals surface area (Å²) in [5, 5.41) is 6.71. The second-order valence-corrected chi connectivity index (χ2v) is 4.12. The van der Waals surface area contributed by atoms with Gasteiger partial charge in [-0.3, -0.25) is 0 Å². The fourth-order valence-corrected chi connectivity index (χ4v) is 2.14. The maximum absolute atomic E-state index is 5.73. The number of aromatic nitrogens is 2. The Kier molecular flexibility index (Phi) is 2.11. The summed E-state index contributed by atoms with van der Waals surface area (Å²) < 4.78 is 1.89. The number of nitrogens with two attached hydrogens (primary N) is 1. The average molecular weight is 223 g/mol. The van der Waals surface area contributed by atoms with Crippen molar-refractivity contribution >= 4 is 16.6 Å². The summed E-state index contributed by atoms with van der Waals surface area (Å²) in [6, 6.07) is 16.3. The first-order valence-corrected chi connectivity index (χ1v) is 5.56. The second kappa shape index (κ2) is 3.63. The quantitative estimate of drug-likeness (QED) is 0.689. The molecule has 1 aromatic heterocycles. The highest BCUT2D eigenvalue weighted by molar-refractivity contribution is 5.90. The minimum absolute atomic E-state index is 0.551. The number of nitrogen functional groups attached to an aromatic ring is 1. The van der Waals surface area contributed by atoms with Crippen LogP contribution in [0.25, 0.3) is 16.5 Å². The zero-order valence-corrected chi connectivity index (χ0v) is 9.59. The molecule has 3 heteroatoms. The van der Waals surface area contributed by atoms with E-state index >= 15 is 0 Å². The second-order valence-electron chi connectivity index (χ2n) is 4.12. The third-order valence-electron chi connectivity index (χ3n) is 2.90. The average Bonchev–Trinajstić information content (AvgIpc) is 2.68. The fourth-order valence-electron chi connectivity index (χ4n) is 2.14.